The molecule has 0 aliphatic carbocycles. The van der Waals surface area contributed by atoms with Crippen molar-refractivity contribution < 1.29 is 4.74 Å². The van der Waals surface area contributed by atoms with Crippen molar-refractivity contribution >= 4 is 0 Å². The number of hydrogen-bond donors (Lipinski definition) is 1. The molecule has 1 aromatic carbocycles. The Bertz CT molecular complexity index is 505. The van der Waals surface area contributed by atoms with E-state index in [1.165, 1.54) is 5.56 Å². The normalized spacial score (nSPS) is 10.7. The molecular weight excluding hydrogens is 250 g/mol. The molecule has 0 saturated heterocycles. The summed E-state index contributed by atoms with van der Waals surface area (Å²) < 4.78 is 7.67. The highest BCUT2D eigenvalue weighted by molar-refractivity contribution is 5.27. The first kappa shape index (κ1) is 14.6. The van der Waals surface area contributed by atoms with Crippen molar-refractivity contribution in [2.45, 2.75) is 32.9 Å². The summed E-state index contributed by atoms with van der Waals surface area (Å²) in [6.07, 6.45) is 6.04. The molecule has 0 aliphatic heterocycles. The maximum atomic E-state index is 5.65. The molecule has 0 amide bonds. The molecule has 0 radical (unpaired) electrons. The summed E-state index contributed by atoms with van der Waals surface area (Å²) in [5, 5.41) is 3.39. The zero-order valence-electron chi connectivity index (χ0n) is 12.3. The van der Waals surface area contributed by atoms with Gasteiger partial charge in [0, 0.05) is 26.0 Å². The molecule has 1 aromatic heterocycles. The zero-order chi connectivity index (χ0) is 14.2. The highest BCUT2D eigenvalue weighted by Gasteiger charge is 1.99. The summed E-state index contributed by atoms with van der Waals surface area (Å²) in [6.45, 7) is 4.58. The monoisotopic (exact) mass is 273 g/mol. The standard InChI is InChI=1S/C16H23N3O/c1-3-4-11-20-15-7-5-14(6-8-15)12-17-13-16-18-9-10-19(16)2/h5-10,17H,3-4,11-13H2,1-2H3. The second-order valence-corrected chi connectivity index (χ2v) is 4.90. The van der Waals surface area contributed by atoms with E-state index in [0.717, 1.165) is 44.1 Å². The summed E-state index contributed by atoms with van der Waals surface area (Å²) in [7, 11) is 2.01. The second-order valence-electron chi connectivity index (χ2n) is 4.90. The van der Waals surface area contributed by atoms with Crippen molar-refractivity contribution in [2.75, 3.05) is 6.61 Å². The zero-order valence-corrected chi connectivity index (χ0v) is 12.3. The van der Waals surface area contributed by atoms with E-state index >= 15 is 0 Å². The van der Waals surface area contributed by atoms with E-state index < -0.39 is 0 Å². The molecule has 0 saturated carbocycles. The maximum absolute atomic E-state index is 5.65. The van der Waals surface area contributed by atoms with Crippen molar-refractivity contribution in [3.63, 3.8) is 0 Å². The van der Waals surface area contributed by atoms with E-state index in [9.17, 15) is 0 Å². The molecule has 0 spiro atoms. The number of ether oxygens (including phenoxy) is 1. The second kappa shape index (κ2) is 7.70. The van der Waals surface area contributed by atoms with Gasteiger partial charge in [0.1, 0.15) is 11.6 Å². The third-order valence-corrected chi connectivity index (χ3v) is 3.22. The summed E-state index contributed by atoms with van der Waals surface area (Å²) in [6, 6.07) is 8.28. The molecule has 0 fully saturated rings. The van der Waals surface area contributed by atoms with Crippen LogP contribution in [-0.4, -0.2) is 16.2 Å². The van der Waals surface area contributed by atoms with Crippen LogP contribution >= 0.6 is 0 Å². The topological polar surface area (TPSA) is 39.1 Å². The summed E-state index contributed by atoms with van der Waals surface area (Å²) >= 11 is 0. The van der Waals surface area contributed by atoms with Gasteiger partial charge in [0.15, 0.2) is 0 Å². The molecule has 1 N–H and O–H groups in total. The fourth-order valence-corrected chi connectivity index (χ4v) is 1.92. The Morgan fingerprint density at radius 3 is 2.65 bits per heavy atom. The minimum absolute atomic E-state index is 0.776. The Kier molecular flexibility index (Phi) is 5.62. The van der Waals surface area contributed by atoms with Crippen molar-refractivity contribution in [1.82, 2.24) is 14.9 Å². The lowest BCUT2D eigenvalue weighted by Gasteiger charge is -2.08. The largest absolute Gasteiger partial charge is 0.494 e. The predicted octanol–water partition coefficient (Wildman–Crippen LogP) is 2.89. The minimum atomic E-state index is 0.776. The highest BCUT2D eigenvalue weighted by atomic mass is 16.5. The van der Waals surface area contributed by atoms with E-state index in [1.54, 1.807) is 0 Å². The third kappa shape index (κ3) is 4.38. The van der Waals surface area contributed by atoms with Gasteiger partial charge in [-0.15, -0.1) is 0 Å². The first-order chi connectivity index (χ1) is 9.79. The smallest absolute Gasteiger partial charge is 0.122 e. The predicted molar refractivity (Wildman–Crippen MR) is 80.6 cm³/mol. The molecule has 4 heteroatoms. The first-order valence-electron chi connectivity index (χ1n) is 7.18. The number of aryl methyl sites for hydroxylation is 1. The first-order valence-corrected chi connectivity index (χ1v) is 7.18. The van der Waals surface area contributed by atoms with Crippen LogP contribution < -0.4 is 10.1 Å². The minimum Gasteiger partial charge on any atom is -0.494 e. The van der Waals surface area contributed by atoms with E-state index in [-0.39, 0.29) is 0 Å². The molecule has 0 bridgehead atoms. The van der Waals surface area contributed by atoms with Crippen LogP contribution in [0.25, 0.3) is 0 Å². The summed E-state index contributed by atoms with van der Waals surface area (Å²) in [5.74, 6) is 2.00. The quantitative estimate of drug-likeness (QED) is 0.752. The van der Waals surface area contributed by atoms with Gasteiger partial charge in [0.2, 0.25) is 0 Å². The van der Waals surface area contributed by atoms with Gasteiger partial charge in [-0.3, -0.25) is 0 Å². The van der Waals surface area contributed by atoms with Gasteiger partial charge in [-0.05, 0) is 24.1 Å². The lowest BCUT2D eigenvalue weighted by atomic mass is 10.2. The molecule has 108 valence electrons. The Hall–Kier alpha value is -1.81. The molecule has 0 aliphatic rings. The van der Waals surface area contributed by atoms with Crippen LogP contribution in [0.1, 0.15) is 31.2 Å². The van der Waals surface area contributed by atoms with Crippen LogP contribution in [0.15, 0.2) is 36.7 Å². The van der Waals surface area contributed by atoms with Crippen molar-refractivity contribution in [3.8, 4) is 5.75 Å². The lowest BCUT2D eigenvalue weighted by molar-refractivity contribution is 0.309. The van der Waals surface area contributed by atoms with Crippen LogP contribution in [-0.2, 0) is 20.1 Å². The number of aromatic nitrogens is 2. The number of benzene rings is 1. The number of imidazole rings is 1. The average Bonchev–Trinajstić information content (AvgIpc) is 2.87. The Morgan fingerprint density at radius 2 is 2.00 bits per heavy atom. The van der Waals surface area contributed by atoms with E-state index in [4.69, 9.17) is 4.74 Å². The van der Waals surface area contributed by atoms with E-state index in [1.807, 2.05) is 36.1 Å². The number of nitrogens with one attached hydrogen (secondary N) is 1. The van der Waals surface area contributed by atoms with Gasteiger partial charge in [0.25, 0.3) is 0 Å². The molecule has 2 aromatic rings. The maximum Gasteiger partial charge on any atom is 0.122 e. The Balaban J connectivity index is 1.74. The van der Waals surface area contributed by atoms with Crippen molar-refractivity contribution in [1.29, 1.82) is 0 Å². The van der Waals surface area contributed by atoms with Gasteiger partial charge in [-0.2, -0.15) is 0 Å². The Labute approximate surface area is 120 Å². The molecule has 2 rings (SSSR count). The van der Waals surface area contributed by atoms with E-state index in [0.29, 0.717) is 0 Å². The summed E-state index contributed by atoms with van der Waals surface area (Å²) in [4.78, 5) is 4.28. The van der Waals surface area contributed by atoms with Crippen molar-refractivity contribution in [3.05, 3.63) is 48.0 Å². The summed E-state index contributed by atoms with van der Waals surface area (Å²) in [5.41, 5.74) is 1.25. The fourth-order valence-electron chi connectivity index (χ4n) is 1.92. The molecule has 20 heavy (non-hydrogen) atoms. The SMILES string of the molecule is CCCCOc1ccc(CNCc2nccn2C)cc1. The number of unbranched alkanes of at least 4 members (excludes halogenated alkanes) is 1. The highest BCUT2D eigenvalue weighted by Crippen LogP contribution is 2.12. The van der Waals surface area contributed by atoms with Crippen molar-refractivity contribution in [2.24, 2.45) is 7.05 Å². The molecule has 1 heterocycles. The third-order valence-electron chi connectivity index (χ3n) is 3.22. The van der Waals surface area contributed by atoms with Gasteiger partial charge in [-0.25, -0.2) is 4.98 Å². The average molecular weight is 273 g/mol. The molecule has 4 nitrogen and oxygen atoms in total. The van der Waals surface area contributed by atoms with Crippen LogP contribution in [0.4, 0.5) is 0 Å². The number of nitrogens with zero attached hydrogens (tertiary/aromatic N) is 2. The van der Waals surface area contributed by atoms with E-state index in [2.05, 4.69) is 29.4 Å². The lowest BCUT2D eigenvalue weighted by Crippen LogP contribution is -2.15. The van der Waals surface area contributed by atoms with Crippen LogP contribution in [0.5, 0.6) is 5.75 Å². The molecule has 0 atom stereocenters. The fraction of sp³-hybridized carbons (Fsp3) is 0.438. The van der Waals surface area contributed by atoms with Gasteiger partial charge < -0.3 is 14.6 Å². The number of rotatable bonds is 8. The van der Waals surface area contributed by atoms with Crippen LogP contribution in [0, 0.1) is 0 Å². The van der Waals surface area contributed by atoms with Gasteiger partial charge >= 0.3 is 0 Å². The van der Waals surface area contributed by atoms with Gasteiger partial charge in [0.05, 0.1) is 13.2 Å². The van der Waals surface area contributed by atoms with Crippen LogP contribution in [0.2, 0.25) is 0 Å². The molecule has 0 unspecified atom stereocenters. The number of hydrogen-bond acceptors (Lipinski definition) is 3. The Morgan fingerprint density at radius 1 is 1.20 bits per heavy atom. The van der Waals surface area contributed by atoms with Crippen LogP contribution in [0.3, 0.4) is 0 Å². The van der Waals surface area contributed by atoms with Gasteiger partial charge in [-0.1, -0.05) is 25.5 Å². The molecular formula is C16H23N3O.